The van der Waals surface area contributed by atoms with Gasteiger partial charge in [-0.25, -0.2) is 25.5 Å². The van der Waals surface area contributed by atoms with Crippen molar-refractivity contribution in [2.24, 2.45) is 0 Å². The van der Waals surface area contributed by atoms with Gasteiger partial charge in [-0.1, -0.05) is 12.1 Å². The van der Waals surface area contributed by atoms with Crippen molar-refractivity contribution in [1.82, 2.24) is 4.31 Å². The minimum Gasteiger partial charge on any atom is -0.326 e. The normalized spacial score (nSPS) is 12.1. The summed E-state index contributed by atoms with van der Waals surface area (Å²) in [6.45, 7) is 0. The minimum absolute atomic E-state index is 0.000692. The number of rotatable bonds is 8. The number of hydrogen-bond acceptors (Lipinski definition) is 5. The molecule has 1 amide bonds. The molecule has 0 atom stereocenters. The van der Waals surface area contributed by atoms with Crippen molar-refractivity contribution >= 4 is 31.5 Å². The summed E-state index contributed by atoms with van der Waals surface area (Å²) < 4.78 is 62.8. The van der Waals surface area contributed by atoms with Crippen LogP contribution in [0.3, 0.4) is 0 Å². The summed E-state index contributed by atoms with van der Waals surface area (Å²) in [6, 6.07) is 10.8. The molecule has 0 heterocycles. The van der Waals surface area contributed by atoms with Crippen LogP contribution in [0.4, 0.5) is 10.1 Å². The van der Waals surface area contributed by atoms with E-state index >= 15 is 0 Å². The van der Waals surface area contributed by atoms with Gasteiger partial charge in [0.15, 0.2) is 9.84 Å². The third-order valence-electron chi connectivity index (χ3n) is 3.83. The standard InChI is InChI=1S/C18H21FN2O5S2/c1-21(2)28(25,26)17-5-3-4-14(12-17)13-27(23,24)11-10-18(22)20-16-8-6-15(19)7-9-16/h3-9,12H,10-11,13H2,1-2H3,(H,20,22). The molecule has 1 N–H and O–H groups in total. The molecule has 2 rings (SSSR count). The molecule has 2 aromatic rings. The van der Waals surface area contributed by atoms with Crippen LogP contribution in [-0.4, -0.2) is 46.9 Å². The van der Waals surface area contributed by atoms with Crippen molar-refractivity contribution in [2.75, 3.05) is 25.2 Å². The van der Waals surface area contributed by atoms with E-state index in [9.17, 15) is 26.0 Å². The van der Waals surface area contributed by atoms with Crippen molar-refractivity contribution in [3.8, 4) is 0 Å². The third-order valence-corrected chi connectivity index (χ3v) is 7.24. The molecule has 0 saturated carbocycles. The van der Waals surface area contributed by atoms with Gasteiger partial charge in [-0.15, -0.1) is 0 Å². The molecule has 7 nitrogen and oxygen atoms in total. The Labute approximate surface area is 164 Å². The van der Waals surface area contributed by atoms with Crippen LogP contribution in [0.5, 0.6) is 0 Å². The molecule has 0 bridgehead atoms. The van der Waals surface area contributed by atoms with Crippen molar-refractivity contribution in [2.45, 2.75) is 17.1 Å². The Hall–Kier alpha value is -2.30. The Morgan fingerprint density at radius 2 is 1.68 bits per heavy atom. The zero-order valence-corrected chi connectivity index (χ0v) is 17.1. The Bertz CT molecular complexity index is 1050. The highest BCUT2D eigenvalue weighted by molar-refractivity contribution is 7.90. The molecule has 0 aliphatic rings. The van der Waals surface area contributed by atoms with Crippen LogP contribution in [0.15, 0.2) is 53.4 Å². The second-order valence-corrected chi connectivity index (χ2v) is 10.7. The molecule has 0 fully saturated rings. The highest BCUT2D eigenvalue weighted by atomic mass is 32.2. The molecule has 10 heteroatoms. The maximum Gasteiger partial charge on any atom is 0.242 e. The first-order valence-electron chi connectivity index (χ1n) is 8.27. The van der Waals surface area contributed by atoms with Gasteiger partial charge in [0.1, 0.15) is 5.82 Å². The van der Waals surface area contributed by atoms with Crippen LogP contribution in [0, 0.1) is 5.82 Å². The van der Waals surface area contributed by atoms with E-state index in [4.69, 9.17) is 0 Å². The van der Waals surface area contributed by atoms with Gasteiger partial charge in [-0.05, 0) is 42.0 Å². The van der Waals surface area contributed by atoms with Gasteiger partial charge in [-0.3, -0.25) is 4.79 Å². The molecule has 28 heavy (non-hydrogen) atoms. The number of halogens is 1. The van der Waals surface area contributed by atoms with Gasteiger partial charge < -0.3 is 5.32 Å². The number of carbonyl (C=O) groups excluding carboxylic acids is 1. The maximum absolute atomic E-state index is 12.8. The van der Waals surface area contributed by atoms with E-state index in [-0.39, 0.29) is 17.1 Å². The van der Waals surface area contributed by atoms with Crippen LogP contribution < -0.4 is 5.32 Å². The largest absolute Gasteiger partial charge is 0.326 e. The SMILES string of the molecule is CN(C)S(=O)(=O)c1cccc(CS(=O)(=O)CCC(=O)Nc2ccc(F)cc2)c1. The van der Waals surface area contributed by atoms with Crippen LogP contribution >= 0.6 is 0 Å². The van der Waals surface area contributed by atoms with E-state index in [1.165, 1.54) is 62.6 Å². The molecule has 2 aromatic carbocycles. The van der Waals surface area contributed by atoms with Crippen molar-refractivity contribution in [1.29, 1.82) is 0 Å². The first-order chi connectivity index (χ1) is 13.0. The molecule has 0 unspecified atom stereocenters. The topological polar surface area (TPSA) is 101 Å². The van der Waals surface area contributed by atoms with E-state index in [1.54, 1.807) is 0 Å². The number of nitrogens with one attached hydrogen (secondary N) is 1. The zero-order chi connectivity index (χ0) is 20.9. The summed E-state index contributed by atoms with van der Waals surface area (Å²) >= 11 is 0. The van der Waals surface area contributed by atoms with Gasteiger partial charge in [0.2, 0.25) is 15.9 Å². The predicted octanol–water partition coefficient (Wildman–Crippen LogP) is 2.02. The zero-order valence-electron chi connectivity index (χ0n) is 15.4. The van der Waals surface area contributed by atoms with Gasteiger partial charge >= 0.3 is 0 Å². The molecule has 0 aromatic heterocycles. The van der Waals surface area contributed by atoms with Crippen LogP contribution in [-0.2, 0) is 30.4 Å². The first kappa shape index (κ1) is 22.0. The van der Waals surface area contributed by atoms with E-state index in [0.717, 1.165) is 4.31 Å². The summed E-state index contributed by atoms with van der Waals surface area (Å²) in [7, 11) is -4.54. The van der Waals surface area contributed by atoms with Gasteiger partial charge in [0.25, 0.3) is 0 Å². The molecular formula is C18H21FN2O5S2. The average molecular weight is 429 g/mol. The number of hydrogen-bond donors (Lipinski definition) is 1. The van der Waals surface area contributed by atoms with Crippen LogP contribution in [0.1, 0.15) is 12.0 Å². The number of carbonyl (C=O) groups is 1. The lowest BCUT2D eigenvalue weighted by Crippen LogP contribution is -2.22. The number of nitrogens with zero attached hydrogens (tertiary/aromatic N) is 1. The third kappa shape index (κ3) is 6.11. The van der Waals surface area contributed by atoms with Crippen LogP contribution in [0.2, 0.25) is 0 Å². The Morgan fingerprint density at radius 3 is 2.29 bits per heavy atom. The number of sulfonamides is 1. The van der Waals surface area contributed by atoms with E-state index in [0.29, 0.717) is 11.3 Å². The lowest BCUT2D eigenvalue weighted by molar-refractivity contribution is -0.115. The van der Waals surface area contributed by atoms with Gasteiger partial charge in [0, 0.05) is 26.2 Å². The number of anilines is 1. The Balaban J connectivity index is 2.00. The minimum atomic E-state index is -3.67. The fraction of sp³-hybridized carbons (Fsp3) is 0.278. The van der Waals surface area contributed by atoms with E-state index in [2.05, 4.69) is 5.32 Å². The Kier molecular flexibility index (Phi) is 6.91. The summed E-state index contributed by atoms with van der Waals surface area (Å²) in [5.41, 5.74) is 0.687. The second-order valence-electron chi connectivity index (χ2n) is 6.33. The van der Waals surface area contributed by atoms with Crippen molar-refractivity contribution in [3.63, 3.8) is 0 Å². The fourth-order valence-electron chi connectivity index (χ4n) is 2.34. The number of benzene rings is 2. The average Bonchev–Trinajstić information content (AvgIpc) is 2.62. The smallest absolute Gasteiger partial charge is 0.242 e. The molecule has 0 saturated heterocycles. The van der Waals surface area contributed by atoms with Crippen LogP contribution in [0.25, 0.3) is 0 Å². The first-order valence-corrected chi connectivity index (χ1v) is 11.5. The van der Waals surface area contributed by atoms with Gasteiger partial charge in [-0.2, -0.15) is 0 Å². The quantitative estimate of drug-likeness (QED) is 0.693. The molecule has 0 aliphatic carbocycles. The van der Waals surface area contributed by atoms with E-state index < -0.39 is 37.3 Å². The van der Waals surface area contributed by atoms with Crippen molar-refractivity contribution in [3.05, 3.63) is 59.9 Å². The molecule has 0 aliphatic heterocycles. The monoisotopic (exact) mass is 428 g/mol. The fourth-order valence-corrected chi connectivity index (χ4v) is 4.64. The molecular weight excluding hydrogens is 407 g/mol. The van der Waals surface area contributed by atoms with E-state index in [1.807, 2.05) is 0 Å². The summed E-state index contributed by atoms with van der Waals surface area (Å²) in [5.74, 6) is -1.74. The van der Waals surface area contributed by atoms with Gasteiger partial charge in [0.05, 0.1) is 16.4 Å². The summed E-state index contributed by atoms with van der Waals surface area (Å²) in [6.07, 6.45) is -0.268. The maximum atomic E-state index is 12.8. The molecule has 0 radical (unpaired) electrons. The molecule has 152 valence electrons. The lowest BCUT2D eigenvalue weighted by atomic mass is 10.2. The number of sulfone groups is 1. The lowest BCUT2D eigenvalue weighted by Gasteiger charge is -2.12. The highest BCUT2D eigenvalue weighted by Crippen LogP contribution is 2.17. The second kappa shape index (κ2) is 8.80. The summed E-state index contributed by atoms with van der Waals surface area (Å²) in [4.78, 5) is 11.9. The predicted molar refractivity (Wildman–Crippen MR) is 104 cm³/mol. The molecule has 0 spiro atoms. The summed E-state index contributed by atoms with van der Waals surface area (Å²) in [5, 5.41) is 2.49. The Morgan fingerprint density at radius 1 is 1.04 bits per heavy atom. The van der Waals surface area contributed by atoms with Crippen molar-refractivity contribution < 1.29 is 26.0 Å². The highest BCUT2D eigenvalue weighted by Gasteiger charge is 2.19. The number of amides is 1.